The summed E-state index contributed by atoms with van der Waals surface area (Å²) in [7, 11) is 0. The number of furan rings is 1. The molecular formula is C13H15N3O2. The van der Waals surface area contributed by atoms with Crippen LogP contribution in [0, 0.1) is 0 Å². The molecular weight excluding hydrogens is 230 g/mol. The smallest absolute Gasteiger partial charge is 0.248 e. The number of benzene rings is 1. The van der Waals surface area contributed by atoms with Crippen LogP contribution in [0.15, 0.2) is 41.0 Å². The Kier molecular flexibility index (Phi) is 3.52. The van der Waals surface area contributed by atoms with E-state index in [9.17, 15) is 4.79 Å². The highest BCUT2D eigenvalue weighted by molar-refractivity contribution is 5.94. The van der Waals surface area contributed by atoms with Crippen molar-refractivity contribution >= 4 is 17.3 Å². The van der Waals surface area contributed by atoms with E-state index >= 15 is 0 Å². The standard InChI is InChI=1S/C13H15N3O2/c14-11-4-3-9(13(15)17)8-12(11)16-6-5-10-2-1-7-18-10/h1-4,7-8,16H,5-6,14H2,(H2,15,17). The zero-order chi connectivity index (χ0) is 13.0. The summed E-state index contributed by atoms with van der Waals surface area (Å²) >= 11 is 0. The van der Waals surface area contributed by atoms with E-state index in [1.165, 1.54) is 0 Å². The fourth-order valence-electron chi connectivity index (χ4n) is 1.64. The summed E-state index contributed by atoms with van der Waals surface area (Å²) in [6.07, 6.45) is 2.38. The SMILES string of the molecule is NC(=O)c1ccc(N)c(NCCc2ccco2)c1. The molecule has 0 saturated carbocycles. The third-order valence-electron chi connectivity index (χ3n) is 2.60. The maximum absolute atomic E-state index is 11.1. The number of nitrogen functional groups attached to an aromatic ring is 1. The van der Waals surface area contributed by atoms with Gasteiger partial charge in [-0.05, 0) is 30.3 Å². The zero-order valence-electron chi connectivity index (χ0n) is 9.85. The van der Waals surface area contributed by atoms with Gasteiger partial charge in [0.1, 0.15) is 5.76 Å². The van der Waals surface area contributed by atoms with Crippen LogP contribution in [0.25, 0.3) is 0 Å². The third-order valence-corrected chi connectivity index (χ3v) is 2.60. The largest absolute Gasteiger partial charge is 0.469 e. The van der Waals surface area contributed by atoms with Crippen molar-refractivity contribution in [1.29, 1.82) is 0 Å². The van der Waals surface area contributed by atoms with Crippen LogP contribution >= 0.6 is 0 Å². The highest BCUT2D eigenvalue weighted by atomic mass is 16.3. The molecule has 94 valence electrons. The van der Waals surface area contributed by atoms with E-state index in [-0.39, 0.29) is 0 Å². The molecule has 1 aromatic carbocycles. The quantitative estimate of drug-likeness (QED) is 0.697. The Hall–Kier alpha value is -2.43. The first-order valence-electron chi connectivity index (χ1n) is 5.62. The van der Waals surface area contributed by atoms with Crippen molar-refractivity contribution < 1.29 is 9.21 Å². The Balaban J connectivity index is 2.00. The van der Waals surface area contributed by atoms with Crippen LogP contribution in [0.1, 0.15) is 16.1 Å². The number of carbonyl (C=O) groups excluding carboxylic acids is 1. The summed E-state index contributed by atoms with van der Waals surface area (Å²) in [5, 5.41) is 3.15. The predicted octanol–water partition coefficient (Wildman–Crippen LogP) is 1.62. The van der Waals surface area contributed by atoms with E-state index in [1.807, 2.05) is 12.1 Å². The Labute approximate surface area is 105 Å². The van der Waals surface area contributed by atoms with Gasteiger partial charge in [-0.2, -0.15) is 0 Å². The second kappa shape index (κ2) is 5.27. The number of amides is 1. The topological polar surface area (TPSA) is 94.3 Å². The molecule has 0 aliphatic rings. The highest BCUT2D eigenvalue weighted by Crippen LogP contribution is 2.19. The van der Waals surface area contributed by atoms with Crippen molar-refractivity contribution in [3.8, 4) is 0 Å². The molecule has 2 aromatic rings. The van der Waals surface area contributed by atoms with Crippen LogP contribution in [0.4, 0.5) is 11.4 Å². The molecule has 0 atom stereocenters. The number of primary amides is 1. The lowest BCUT2D eigenvalue weighted by atomic mass is 10.1. The molecule has 18 heavy (non-hydrogen) atoms. The first-order chi connectivity index (χ1) is 8.66. The zero-order valence-corrected chi connectivity index (χ0v) is 9.85. The Morgan fingerprint density at radius 1 is 1.33 bits per heavy atom. The summed E-state index contributed by atoms with van der Waals surface area (Å²) in [6.45, 7) is 0.667. The monoisotopic (exact) mass is 245 g/mol. The molecule has 0 bridgehead atoms. The van der Waals surface area contributed by atoms with E-state index in [0.717, 1.165) is 12.2 Å². The van der Waals surface area contributed by atoms with Crippen LogP contribution in [-0.2, 0) is 6.42 Å². The van der Waals surface area contributed by atoms with Crippen molar-refractivity contribution in [2.45, 2.75) is 6.42 Å². The highest BCUT2D eigenvalue weighted by Gasteiger charge is 2.05. The van der Waals surface area contributed by atoms with E-state index in [0.29, 0.717) is 23.5 Å². The Morgan fingerprint density at radius 3 is 2.83 bits per heavy atom. The number of hydrogen-bond donors (Lipinski definition) is 3. The molecule has 0 spiro atoms. The van der Waals surface area contributed by atoms with E-state index < -0.39 is 5.91 Å². The predicted molar refractivity (Wildman–Crippen MR) is 70.3 cm³/mol. The molecule has 1 heterocycles. The molecule has 5 heteroatoms. The maximum Gasteiger partial charge on any atom is 0.248 e. The van der Waals surface area contributed by atoms with Gasteiger partial charge >= 0.3 is 0 Å². The lowest BCUT2D eigenvalue weighted by molar-refractivity contribution is 0.100. The molecule has 2 rings (SSSR count). The Morgan fingerprint density at radius 2 is 2.17 bits per heavy atom. The minimum atomic E-state index is -0.468. The molecule has 5 nitrogen and oxygen atoms in total. The third kappa shape index (κ3) is 2.82. The lowest BCUT2D eigenvalue weighted by Crippen LogP contribution is -2.13. The first-order valence-corrected chi connectivity index (χ1v) is 5.62. The molecule has 0 radical (unpaired) electrons. The van der Waals surface area contributed by atoms with Crippen molar-refractivity contribution in [3.05, 3.63) is 47.9 Å². The molecule has 1 aromatic heterocycles. The van der Waals surface area contributed by atoms with Gasteiger partial charge in [0.25, 0.3) is 0 Å². The summed E-state index contributed by atoms with van der Waals surface area (Å²) in [6, 6.07) is 8.67. The van der Waals surface area contributed by atoms with Crippen molar-refractivity contribution in [2.75, 3.05) is 17.6 Å². The number of hydrogen-bond acceptors (Lipinski definition) is 4. The van der Waals surface area contributed by atoms with Crippen molar-refractivity contribution in [2.24, 2.45) is 5.73 Å². The van der Waals surface area contributed by atoms with Crippen LogP contribution in [0.2, 0.25) is 0 Å². The summed E-state index contributed by atoms with van der Waals surface area (Å²) in [5.41, 5.74) is 12.8. The molecule has 1 amide bonds. The maximum atomic E-state index is 11.1. The molecule has 0 fully saturated rings. The molecule has 5 N–H and O–H groups in total. The average Bonchev–Trinajstić information content (AvgIpc) is 2.84. The summed E-state index contributed by atoms with van der Waals surface area (Å²) < 4.78 is 5.22. The van der Waals surface area contributed by atoms with Crippen molar-refractivity contribution in [3.63, 3.8) is 0 Å². The summed E-state index contributed by atoms with van der Waals surface area (Å²) in [4.78, 5) is 11.1. The summed E-state index contributed by atoms with van der Waals surface area (Å²) in [5.74, 6) is 0.427. The number of nitrogens with one attached hydrogen (secondary N) is 1. The van der Waals surface area contributed by atoms with Gasteiger partial charge in [0.2, 0.25) is 5.91 Å². The van der Waals surface area contributed by atoms with Gasteiger partial charge in [-0.1, -0.05) is 0 Å². The van der Waals surface area contributed by atoms with Crippen LogP contribution in [-0.4, -0.2) is 12.5 Å². The second-order valence-electron chi connectivity index (χ2n) is 3.92. The second-order valence-corrected chi connectivity index (χ2v) is 3.92. The fourth-order valence-corrected chi connectivity index (χ4v) is 1.64. The first kappa shape index (κ1) is 12.0. The lowest BCUT2D eigenvalue weighted by Gasteiger charge is -2.09. The van der Waals surface area contributed by atoms with Crippen LogP contribution < -0.4 is 16.8 Å². The normalized spacial score (nSPS) is 10.2. The number of anilines is 2. The van der Waals surface area contributed by atoms with E-state index in [2.05, 4.69) is 5.32 Å². The van der Waals surface area contributed by atoms with Gasteiger partial charge in [0.15, 0.2) is 0 Å². The molecule has 0 saturated heterocycles. The van der Waals surface area contributed by atoms with Crippen molar-refractivity contribution in [1.82, 2.24) is 0 Å². The van der Waals surface area contributed by atoms with Gasteiger partial charge < -0.3 is 21.2 Å². The number of nitrogens with two attached hydrogens (primary N) is 2. The fraction of sp³-hybridized carbons (Fsp3) is 0.154. The molecule has 0 aliphatic carbocycles. The van der Waals surface area contributed by atoms with Gasteiger partial charge in [0.05, 0.1) is 17.6 Å². The van der Waals surface area contributed by atoms with Gasteiger partial charge in [-0.25, -0.2) is 0 Å². The van der Waals surface area contributed by atoms with Crippen LogP contribution in [0.3, 0.4) is 0 Å². The van der Waals surface area contributed by atoms with Gasteiger partial charge in [-0.15, -0.1) is 0 Å². The average molecular weight is 245 g/mol. The van der Waals surface area contributed by atoms with E-state index in [4.69, 9.17) is 15.9 Å². The van der Waals surface area contributed by atoms with E-state index in [1.54, 1.807) is 24.5 Å². The number of rotatable bonds is 5. The van der Waals surface area contributed by atoms with Gasteiger partial charge in [0, 0.05) is 18.5 Å². The van der Waals surface area contributed by atoms with Crippen LogP contribution in [0.5, 0.6) is 0 Å². The molecule has 0 unspecified atom stereocenters. The minimum absolute atomic E-state index is 0.435. The Bertz CT molecular complexity index is 535. The van der Waals surface area contributed by atoms with Gasteiger partial charge in [-0.3, -0.25) is 4.79 Å². The molecule has 0 aliphatic heterocycles. The number of carbonyl (C=O) groups is 1. The minimum Gasteiger partial charge on any atom is -0.469 e.